The molecule has 0 bridgehead atoms. The highest BCUT2D eigenvalue weighted by Gasteiger charge is 2.13. The average molecular weight is 316 g/mol. The quantitative estimate of drug-likeness (QED) is 0.626. The summed E-state index contributed by atoms with van der Waals surface area (Å²) in [6.45, 7) is -0.455. The third-order valence-corrected chi connectivity index (χ3v) is 3.04. The van der Waals surface area contributed by atoms with Crippen LogP contribution in [0.1, 0.15) is 31.1 Å². The molecule has 0 aliphatic rings. The molecule has 2 aromatic carbocycles. The van der Waals surface area contributed by atoms with Crippen LogP contribution in [-0.2, 0) is 9.47 Å². The van der Waals surface area contributed by atoms with Gasteiger partial charge in [-0.25, -0.2) is 14.0 Å². The second-order valence-corrected chi connectivity index (χ2v) is 4.58. The van der Waals surface area contributed by atoms with Gasteiger partial charge in [-0.1, -0.05) is 0 Å². The summed E-state index contributed by atoms with van der Waals surface area (Å²) in [5, 5.41) is 0. The Morgan fingerprint density at radius 2 is 1.30 bits per heavy atom. The molecule has 23 heavy (non-hydrogen) atoms. The summed E-state index contributed by atoms with van der Waals surface area (Å²) in [4.78, 5) is 34.9. The van der Waals surface area contributed by atoms with E-state index < -0.39 is 30.1 Å². The molecule has 0 spiro atoms. The molecule has 118 valence electrons. The van der Waals surface area contributed by atoms with Crippen molar-refractivity contribution in [3.8, 4) is 0 Å². The van der Waals surface area contributed by atoms with Gasteiger partial charge in [0, 0.05) is 5.56 Å². The summed E-state index contributed by atoms with van der Waals surface area (Å²) < 4.78 is 22.2. The maximum Gasteiger partial charge on any atom is 0.338 e. The van der Waals surface area contributed by atoms with Gasteiger partial charge in [0.2, 0.25) is 0 Å². The Bertz CT molecular complexity index is 720. The lowest BCUT2D eigenvalue weighted by molar-refractivity contribution is 0.0474. The summed E-state index contributed by atoms with van der Waals surface area (Å²) in [6, 6.07) is 10.6. The highest BCUT2D eigenvalue weighted by Crippen LogP contribution is 2.08. The number of halogens is 1. The number of ether oxygens (including phenoxy) is 2. The number of methoxy groups -OCH3 is 1. The first-order chi connectivity index (χ1) is 11.0. The molecule has 0 saturated heterocycles. The van der Waals surface area contributed by atoms with Crippen molar-refractivity contribution < 1.29 is 28.2 Å². The van der Waals surface area contributed by atoms with Crippen LogP contribution in [0.4, 0.5) is 4.39 Å². The van der Waals surface area contributed by atoms with E-state index in [-0.39, 0.29) is 11.1 Å². The lowest BCUT2D eigenvalue weighted by atomic mass is 10.1. The number of rotatable bonds is 5. The minimum Gasteiger partial charge on any atom is -0.465 e. The largest absolute Gasteiger partial charge is 0.465 e. The Morgan fingerprint density at radius 1 is 0.826 bits per heavy atom. The molecule has 2 rings (SSSR count). The van der Waals surface area contributed by atoms with E-state index in [4.69, 9.17) is 4.74 Å². The van der Waals surface area contributed by atoms with Crippen molar-refractivity contribution in [2.24, 2.45) is 0 Å². The van der Waals surface area contributed by atoms with E-state index in [1.165, 1.54) is 43.5 Å². The van der Waals surface area contributed by atoms with Crippen molar-refractivity contribution in [3.05, 3.63) is 71.0 Å². The van der Waals surface area contributed by atoms with Crippen LogP contribution in [0.2, 0.25) is 0 Å². The fraction of sp³-hybridized carbons (Fsp3) is 0.118. The van der Waals surface area contributed by atoms with Crippen LogP contribution in [0.5, 0.6) is 0 Å². The zero-order valence-electron chi connectivity index (χ0n) is 12.2. The number of carbonyl (C=O) groups excluding carboxylic acids is 3. The van der Waals surface area contributed by atoms with Gasteiger partial charge in [-0.15, -0.1) is 0 Å². The van der Waals surface area contributed by atoms with Crippen LogP contribution >= 0.6 is 0 Å². The smallest absolute Gasteiger partial charge is 0.338 e. The highest BCUT2D eigenvalue weighted by atomic mass is 19.1. The van der Waals surface area contributed by atoms with Crippen LogP contribution in [0.25, 0.3) is 0 Å². The summed E-state index contributed by atoms with van der Waals surface area (Å²) >= 11 is 0. The molecular formula is C17H13FO5. The van der Waals surface area contributed by atoms with Gasteiger partial charge in [-0.05, 0) is 48.5 Å². The Hall–Kier alpha value is -3.02. The molecule has 0 heterocycles. The minimum absolute atomic E-state index is 0.199. The van der Waals surface area contributed by atoms with Crippen molar-refractivity contribution in [2.75, 3.05) is 13.7 Å². The fourth-order valence-electron chi connectivity index (χ4n) is 1.79. The maximum absolute atomic E-state index is 12.8. The van der Waals surface area contributed by atoms with Crippen LogP contribution < -0.4 is 0 Å². The van der Waals surface area contributed by atoms with Gasteiger partial charge in [-0.3, -0.25) is 4.79 Å². The number of esters is 2. The third-order valence-electron chi connectivity index (χ3n) is 3.04. The Morgan fingerprint density at radius 3 is 1.83 bits per heavy atom. The van der Waals surface area contributed by atoms with E-state index in [9.17, 15) is 18.8 Å². The van der Waals surface area contributed by atoms with E-state index in [0.717, 1.165) is 12.1 Å². The van der Waals surface area contributed by atoms with Crippen molar-refractivity contribution in [2.45, 2.75) is 0 Å². The van der Waals surface area contributed by atoms with Crippen LogP contribution in [-0.4, -0.2) is 31.4 Å². The Labute approximate surface area is 131 Å². The van der Waals surface area contributed by atoms with E-state index in [2.05, 4.69) is 4.74 Å². The lowest BCUT2D eigenvalue weighted by Crippen LogP contribution is -2.14. The number of Topliss-reactive ketones (excluding diaryl/α,β-unsaturated/α-hetero) is 1. The average Bonchev–Trinajstić information content (AvgIpc) is 2.59. The third kappa shape index (κ3) is 4.23. The molecule has 0 amide bonds. The molecule has 2 aromatic rings. The zero-order valence-corrected chi connectivity index (χ0v) is 12.2. The molecule has 0 N–H and O–H groups in total. The number of hydrogen-bond acceptors (Lipinski definition) is 5. The normalized spacial score (nSPS) is 10.0. The predicted molar refractivity (Wildman–Crippen MR) is 78.8 cm³/mol. The minimum atomic E-state index is -0.697. The standard InChI is InChI=1S/C17H13FO5/c1-22-16(20)12-2-4-13(5-3-12)17(21)23-10-15(19)11-6-8-14(18)9-7-11/h2-9H,10H2,1H3. The highest BCUT2D eigenvalue weighted by molar-refractivity contribution is 5.99. The van der Waals surface area contributed by atoms with Gasteiger partial charge in [0.1, 0.15) is 5.82 Å². The van der Waals surface area contributed by atoms with Crippen molar-refractivity contribution in [1.82, 2.24) is 0 Å². The van der Waals surface area contributed by atoms with E-state index >= 15 is 0 Å². The first-order valence-corrected chi connectivity index (χ1v) is 6.65. The molecule has 0 aromatic heterocycles. The molecule has 0 atom stereocenters. The summed E-state index contributed by atoms with van der Waals surface area (Å²) in [5.74, 6) is -2.11. The molecule has 0 radical (unpaired) electrons. The first kappa shape index (κ1) is 16.4. The molecule has 6 heteroatoms. The molecule has 0 unspecified atom stereocenters. The fourth-order valence-corrected chi connectivity index (χ4v) is 1.79. The first-order valence-electron chi connectivity index (χ1n) is 6.65. The van der Waals surface area contributed by atoms with Crippen molar-refractivity contribution in [1.29, 1.82) is 0 Å². The van der Waals surface area contributed by atoms with Gasteiger partial charge < -0.3 is 9.47 Å². The predicted octanol–water partition coefficient (Wildman–Crippen LogP) is 2.65. The van der Waals surface area contributed by atoms with Gasteiger partial charge in [0.05, 0.1) is 18.2 Å². The number of benzene rings is 2. The SMILES string of the molecule is COC(=O)c1ccc(C(=O)OCC(=O)c2ccc(F)cc2)cc1. The zero-order chi connectivity index (χ0) is 16.8. The molecular weight excluding hydrogens is 303 g/mol. The Balaban J connectivity index is 1.95. The molecule has 0 saturated carbocycles. The van der Waals surface area contributed by atoms with E-state index in [0.29, 0.717) is 5.56 Å². The topological polar surface area (TPSA) is 69.7 Å². The summed E-state index contributed by atoms with van der Waals surface area (Å²) in [6.07, 6.45) is 0. The van der Waals surface area contributed by atoms with Crippen LogP contribution in [0, 0.1) is 5.82 Å². The monoisotopic (exact) mass is 316 g/mol. The number of ketones is 1. The second-order valence-electron chi connectivity index (χ2n) is 4.58. The number of hydrogen-bond donors (Lipinski definition) is 0. The number of carbonyl (C=O) groups is 3. The van der Waals surface area contributed by atoms with E-state index in [1.54, 1.807) is 0 Å². The van der Waals surface area contributed by atoms with Crippen molar-refractivity contribution >= 4 is 17.7 Å². The summed E-state index contributed by atoms with van der Waals surface area (Å²) in [7, 11) is 1.26. The van der Waals surface area contributed by atoms with Crippen LogP contribution in [0.3, 0.4) is 0 Å². The maximum atomic E-state index is 12.8. The summed E-state index contributed by atoms with van der Waals surface area (Å²) in [5.41, 5.74) is 0.747. The lowest BCUT2D eigenvalue weighted by Gasteiger charge is -2.05. The molecule has 5 nitrogen and oxygen atoms in total. The molecule has 0 fully saturated rings. The van der Waals surface area contributed by atoms with Gasteiger partial charge in [0.25, 0.3) is 0 Å². The van der Waals surface area contributed by atoms with Gasteiger partial charge >= 0.3 is 11.9 Å². The van der Waals surface area contributed by atoms with E-state index in [1.807, 2.05) is 0 Å². The second kappa shape index (κ2) is 7.31. The van der Waals surface area contributed by atoms with Crippen molar-refractivity contribution in [3.63, 3.8) is 0 Å². The van der Waals surface area contributed by atoms with Gasteiger partial charge in [-0.2, -0.15) is 0 Å². The van der Waals surface area contributed by atoms with Crippen LogP contribution in [0.15, 0.2) is 48.5 Å². The molecule has 0 aliphatic heterocycles. The Kier molecular flexibility index (Phi) is 5.19. The van der Waals surface area contributed by atoms with Gasteiger partial charge in [0.15, 0.2) is 12.4 Å². The molecule has 0 aliphatic carbocycles.